The molecule has 0 aliphatic rings. The number of hydrogen-bond acceptors (Lipinski definition) is 4. The van der Waals surface area contributed by atoms with Crippen molar-refractivity contribution < 1.29 is 9.53 Å². The fourth-order valence-electron chi connectivity index (χ4n) is 1.69. The molecule has 112 valence electrons. The van der Waals surface area contributed by atoms with E-state index in [-0.39, 0.29) is 17.9 Å². The SMILES string of the molecule is CCNc1ncc(C(=O)NC(COC)C(C)C)cc1Cl. The summed E-state index contributed by atoms with van der Waals surface area (Å²) in [6, 6.07) is 1.58. The monoisotopic (exact) mass is 299 g/mol. The van der Waals surface area contributed by atoms with Crippen LogP contribution >= 0.6 is 11.6 Å². The number of nitrogens with zero attached hydrogens (tertiary/aromatic N) is 1. The largest absolute Gasteiger partial charge is 0.383 e. The number of anilines is 1. The van der Waals surface area contributed by atoms with Gasteiger partial charge in [-0.15, -0.1) is 0 Å². The van der Waals surface area contributed by atoms with E-state index in [9.17, 15) is 4.79 Å². The molecule has 6 heteroatoms. The number of hydrogen-bond donors (Lipinski definition) is 2. The lowest BCUT2D eigenvalue weighted by molar-refractivity contribution is 0.0866. The predicted octanol–water partition coefficient (Wildman–Crippen LogP) is 2.57. The molecule has 0 spiro atoms. The van der Waals surface area contributed by atoms with Crippen molar-refractivity contribution in [2.24, 2.45) is 5.92 Å². The van der Waals surface area contributed by atoms with Gasteiger partial charge in [0.25, 0.3) is 5.91 Å². The topological polar surface area (TPSA) is 63.2 Å². The van der Waals surface area contributed by atoms with Crippen LogP contribution in [-0.4, -0.2) is 37.2 Å². The summed E-state index contributed by atoms with van der Waals surface area (Å²) in [6.45, 7) is 7.21. The van der Waals surface area contributed by atoms with Gasteiger partial charge < -0.3 is 15.4 Å². The zero-order valence-electron chi connectivity index (χ0n) is 12.4. The smallest absolute Gasteiger partial charge is 0.253 e. The summed E-state index contributed by atoms with van der Waals surface area (Å²) in [5, 5.41) is 6.39. The fraction of sp³-hybridized carbons (Fsp3) is 0.571. The molecule has 1 rings (SSSR count). The number of nitrogens with one attached hydrogen (secondary N) is 2. The lowest BCUT2D eigenvalue weighted by Crippen LogP contribution is -2.41. The quantitative estimate of drug-likeness (QED) is 0.812. The van der Waals surface area contributed by atoms with E-state index in [4.69, 9.17) is 16.3 Å². The molecule has 1 heterocycles. The van der Waals surface area contributed by atoms with Crippen LogP contribution in [0.1, 0.15) is 31.1 Å². The van der Waals surface area contributed by atoms with Gasteiger partial charge >= 0.3 is 0 Å². The van der Waals surface area contributed by atoms with Crippen molar-refractivity contribution in [2.45, 2.75) is 26.8 Å². The molecule has 20 heavy (non-hydrogen) atoms. The molecule has 0 saturated heterocycles. The van der Waals surface area contributed by atoms with E-state index in [1.807, 2.05) is 20.8 Å². The first kappa shape index (κ1) is 16.7. The van der Waals surface area contributed by atoms with E-state index in [2.05, 4.69) is 15.6 Å². The van der Waals surface area contributed by atoms with E-state index in [0.717, 1.165) is 6.54 Å². The van der Waals surface area contributed by atoms with Gasteiger partial charge in [0.1, 0.15) is 5.82 Å². The first-order valence-electron chi connectivity index (χ1n) is 6.68. The third-order valence-electron chi connectivity index (χ3n) is 2.92. The number of aromatic nitrogens is 1. The number of methoxy groups -OCH3 is 1. The Morgan fingerprint density at radius 2 is 2.20 bits per heavy atom. The van der Waals surface area contributed by atoms with Gasteiger partial charge in [0, 0.05) is 19.9 Å². The van der Waals surface area contributed by atoms with Crippen molar-refractivity contribution in [3.63, 3.8) is 0 Å². The third-order valence-corrected chi connectivity index (χ3v) is 3.20. The molecular formula is C14H22ClN3O2. The summed E-state index contributed by atoms with van der Waals surface area (Å²) in [7, 11) is 1.62. The van der Waals surface area contributed by atoms with Gasteiger partial charge in [-0.1, -0.05) is 25.4 Å². The summed E-state index contributed by atoms with van der Waals surface area (Å²) in [6.07, 6.45) is 1.52. The van der Waals surface area contributed by atoms with Crippen LogP contribution in [0.15, 0.2) is 12.3 Å². The summed E-state index contributed by atoms with van der Waals surface area (Å²) in [5.74, 6) is 0.671. The summed E-state index contributed by atoms with van der Waals surface area (Å²) in [4.78, 5) is 16.3. The van der Waals surface area contributed by atoms with Crippen molar-refractivity contribution in [3.05, 3.63) is 22.8 Å². The molecular weight excluding hydrogens is 278 g/mol. The van der Waals surface area contributed by atoms with Crippen molar-refractivity contribution in [2.75, 3.05) is 25.6 Å². The van der Waals surface area contributed by atoms with Crippen LogP contribution in [0, 0.1) is 5.92 Å². The lowest BCUT2D eigenvalue weighted by atomic mass is 10.0. The molecule has 1 aromatic heterocycles. The highest BCUT2D eigenvalue weighted by atomic mass is 35.5. The van der Waals surface area contributed by atoms with E-state index in [0.29, 0.717) is 23.0 Å². The maximum atomic E-state index is 12.2. The second kappa shape index (κ2) is 8.07. The van der Waals surface area contributed by atoms with Crippen LogP contribution in [0.2, 0.25) is 5.02 Å². The van der Waals surface area contributed by atoms with Crippen LogP contribution in [0.5, 0.6) is 0 Å². The molecule has 1 unspecified atom stereocenters. The highest BCUT2D eigenvalue weighted by Crippen LogP contribution is 2.20. The molecule has 2 N–H and O–H groups in total. The minimum atomic E-state index is -0.196. The van der Waals surface area contributed by atoms with Crippen LogP contribution in [0.3, 0.4) is 0 Å². The van der Waals surface area contributed by atoms with Gasteiger partial charge in [-0.2, -0.15) is 0 Å². The van der Waals surface area contributed by atoms with E-state index >= 15 is 0 Å². The molecule has 0 saturated carbocycles. The Bertz CT molecular complexity index is 452. The van der Waals surface area contributed by atoms with Gasteiger partial charge in [-0.3, -0.25) is 4.79 Å². The zero-order chi connectivity index (χ0) is 15.1. The van der Waals surface area contributed by atoms with Crippen molar-refractivity contribution in [1.82, 2.24) is 10.3 Å². The maximum Gasteiger partial charge on any atom is 0.253 e. The normalized spacial score (nSPS) is 12.3. The molecule has 1 aromatic rings. The van der Waals surface area contributed by atoms with Crippen molar-refractivity contribution in [3.8, 4) is 0 Å². The van der Waals surface area contributed by atoms with Crippen molar-refractivity contribution in [1.29, 1.82) is 0 Å². The Labute approximate surface area is 125 Å². The molecule has 0 aliphatic carbocycles. The minimum Gasteiger partial charge on any atom is -0.383 e. The average Bonchev–Trinajstić information content (AvgIpc) is 2.40. The van der Waals surface area contributed by atoms with Crippen LogP contribution in [-0.2, 0) is 4.74 Å². The minimum absolute atomic E-state index is 0.0419. The Hall–Kier alpha value is -1.33. The molecule has 0 aliphatic heterocycles. The van der Waals surface area contributed by atoms with Gasteiger partial charge in [0.15, 0.2) is 0 Å². The van der Waals surface area contributed by atoms with Crippen LogP contribution in [0.25, 0.3) is 0 Å². The van der Waals surface area contributed by atoms with E-state index < -0.39 is 0 Å². The number of carbonyl (C=O) groups is 1. The fourth-order valence-corrected chi connectivity index (χ4v) is 1.92. The van der Waals surface area contributed by atoms with Crippen molar-refractivity contribution >= 4 is 23.3 Å². The molecule has 0 bridgehead atoms. The number of pyridine rings is 1. The van der Waals surface area contributed by atoms with E-state index in [1.165, 1.54) is 6.20 Å². The Morgan fingerprint density at radius 3 is 2.70 bits per heavy atom. The first-order valence-corrected chi connectivity index (χ1v) is 7.06. The second-order valence-electron chi connectivity index (χ2n) is 4.86. The number of amides is 1. The molecule has 1 amide bonds. The van der Waals surface area contributed by atoms with Gasteiger partial charge in [-0.05, 0) is 18.9 Å². The number of rotatable bonds is 7. The average molecular weight is 300 g/mol. The molecule has 1 atom stereocenters. The molecule has 0 fully saturated rings. The Kier molecular flexibility index (Phi) is 6.75. The summed E-state index contributed by atoms with van der Waals surface area (Å²) >= 11 is 6.08. The van der Waals surface area contributed by atoms with Crippen LogP contribution in [0.4, 0.5) is 5.82 Å². The Morgan fingerprint density at radius 1 is 1.50 bits per heavy atom. The summed E-state index contributed by atoms with van der Waals surface area (Å²) < 4.78 is 5.11. The number of carbonyl (C=O) groups excluding carboxylic acids is 1. The first-order chi connectivity index (χ1) is 9.49. The number of halogens is 1. The second-order valence-corrected chi connectivity index (χ2v) is 5.27. The molecule has 0 radical (unpaired) electrons. The molecule has 5 nitrogen and oxygen atoms in total. The third kappa shape index (κ3) is 4.65. The summed E-state index contributed by atoms with van der Waals surface area (Å²) in [5.41, 5.74) is 0.443. The molecule has 0 aromatic carbocycles. The number of ether oxygens (including phenoxy) is 1. The highest BCUT2D eigenvalue weighted by Gasteiger charge is 2.18. The predicted molar refractivity (Wildman–Crippen MR) is 81.4 cm³/mol. The van der Waals surface area contributed by atoms with Crippen LogP contribution < -0.4 is 10.6 Å². The highest BCUT2D eigenvalue weighted by molar-refractivity contribution is 6.33. The maximum absolute atomic E-state index is 12.2. The van der Waals surface area contributed by atoms with E-state index in [1.54, 1.807) is 13.2 Å². The lowest BCUT2D eigenvalue weighted by Gasteiger charge is -2.21. The Balaban J connectivity index is 2.79. The standard InChI is InChI=1S/C14H22ClN3O2/c1-5-16-13-11(15)6-10(7-17-13)14(19)18-12(8-20-4)9(2)3/h6-7,9,12H,5,8H2,1-4H3,(H,16,17)(H,18,19). The van der Waals surface area contributed by atoms with Gasteiger partial charge in [0.05, 0.1) is 23.2 Å². The van der Waals surface area contributed by atoms with Gasteiger partial charge in [0.2, 0.25) is 0 Å². The zero-order valence-corrected chi connectivity index (χ0v) is 13.1. The van der Waals surface area contributed by atoms with Gasteiger partial charge in [-0.25, -0.2) is 4.98 Å².